The number of rotatable bonds is 7. The van der Waals surface area contributed by atoms with E-state index in [1.807, 2.05) is 25.5 Å². The molecule has 0 spiro atoms. The fourth-order valence-electron chi connectivity index (χ4n) is 3.79. The zero-order valence-corrected chi connectivity index (χ0v) is 20.2. The molecule has 9 nitrogen and oxygen atoms in total. The molecule has 0 bridgehead atoms. The highest BCUT2D eigenvalue weighted by Crippen LogP contribution is 2.25. The highest BCUT2D eigenvalue weighted by atomic mass is 32.2. The maximum atomic E-state index is 13.0. The summed E-state index contributed by atoms with van der Waals surface area (Å²) in [6.45, 7) is 5.19. The van der Waals surface area contributed by atoms with Crippen LogP contribution in [0.5, 0.6) is 0 Å². The molecule has 1 fully saturated rings. The minimum atomic E-state index is -3.51. The van der Waals surface area contributed by atoms with Crippen LogP contribution < -0.4 is 5.32 Å². The molecule has 2 aromatic heterocycles. The van der Waals surface area contributed by atoms with Gasteiger partial charge in [-0.05, 0) is 31.0 Å². The van der Waals surface area contributed by atoms with Crippen molar-refractivity contribution in [3.63, 3.8) is 0 Å². The molecule has 4 rings (SSSR count). The number of aryl methyl sites for hydroxylation is 2. The predicted octanol–water partition coefficient (Wildman–Crippen LogP) is 3.29. The fourth-order valence-corrected chi connectivity index (χ4v) is 6.09. The molecule has 3 heterocycles. The van der Waals surface area contributed by atoms with Crippen LogP contribution in [-0.2, 0) is 28.3 Å². The quantitative estimate of drug-likeness (QED) is 0.560. The Kier molecular flexibility index (Phi) is 6.59. The lowest BCUT2D eigenvalue weighted by atomic mass is 10.2. The van der Waals surface area contributed by atoms with Gasteiger partial charge < -0.3 is 9.88 Å². The number of benzene rings is 1. The van der Waals surface area contributed by atoms with E-state index in [4.69, 9.17) is 0 Å². The van der Waals surface area contributed by atoms with Crippen LogP contribution in [0, 0.1) is 0 Å². The van der Waals surface area contributed by atoms with Gasteiger partial charge in [0.1, 0.15) is 10.8 Å². The molecule has 0 unspecified atom stereocenters. The number of aromatic nitrogens is 4. The van der Waals surface area contributed by atoms with Crippen molar-refractivity contribution in [1.29, 1.82) is 0 Å². The Hall–Kier alpha value is -2.37. The average Bonchev–Trinajstić information content (AvgIpc) is 3.37. The van der Waals surface area contributed by atoms with Crippen molar-refractivity contribution < 1.29 is 13.2 Å². The SMILES string of the molecule is CC(C)c1nnc(NC(=O)CCc2nc3cc(S(=O)(=O)N4CCCCC4)ccc3n2C)s1. The summed E-state index contributed by atoms with van der Waals surface area (Å²) in [4.78, 5) is 17.2. The molecular formula is C21H28N6O3S2. The Morgan fingerprint density at radius 2 is 1.94 bits per heavy atom. The monoisotopic (exact) mass is 476 g/mol. The van der Waals surface area contributed by atoms with Crippen LogP contribution in [0.1, 0.15) is 56.3 Å². The number of piperidine rings is 1. The normalized spacial score (nSPS) is 15.5. The number of hydrogen-bond donors (Lipinski definition) is 1. The van der Waals surface area contributed by atoms with Gasteiger partial charge in [-0.3, -0.25) is 4.79 Å². The first-order valence-electron chi connectivity index (χ1n) is 10.8. The number of nitrogens with one attached hydrogen (secondary N) is 1. The number of fused-ring (bicyclic) bond motifs is 1. The van der Waals surface area contributed by atoms with E-state index in [0.29, 0.717) is 30.2 Å². The van der Waals surface area contributed by atoms with Crippen LogP contribution in [0.15, 0.2) is 23.1 Å². The number of carbonyl (C=O) groups excluding carboxylic acids is 1. The van der Waals surface area contributed by atoms with E-state index in [1.165, 1.54) is 11.3 Å². The number of hydrogen-bond acceptors (Lipinski definition) is 7. The highest BCUT2D eigenvalue weighted by molar-refractivity contribution is 7.89. The molecule has 3 aromatic rings. The second kappa shape index (κ2) is 9.24. The molecular weight excluding hydrogens is 448 g/mol. The van der Waals surface area contributed by atoms with Gasteiger partial charge in [0.25, 0.3) is 0 Å². The van der Waals surface area contributed by atoms with Crippen molar-refractivity contribution in [2.24, 2.45) is 7.05 Å². The van der Waals surface area contributed by atoms with Crippen LogP contribution >= 0.6 is 11.3 Å². The molecule has 32 heavy (non-hydrogen) atoms. The van der Waals surface area contributed by atoms with E-state index in [2.05, 4.69) is 20.5 Å². The standard InChI is InChI=1S/C21H28N6O3S2/c1-14(2)20-24-25-21(31-20)23-19(28)10-9-18-22-16-13-15(7-8-17(16)26(18)3)32(29,30)27-11-5-4-6-12-27/h7-8,13-14H,4-6,9-12H2,1-3H3,(H,23,25,28). The Balaban J connectivity index is 1.46. The third-order valence-electron chi connectivity index (χ3n) is 5.65. The maximum absolute atomic E-state index is 13.0. The Morgan fingerprint density at radius 1 is 1.19 bits per heavy atom. The number of nitrogens with zero attached hydrogens (tertiary/aromatic N) is 5. The summed E-state index contributed by atoms with van der Waals surface area (Å²) in [6.07, 6.45) is 3.54. The number of sulfonamides is 1. The lowest BCUT2D eigenvalue weighted by Gasteiger charge is -2.25. The molecule has 0 radical (unpaired) electrons. The Bertz CT molecular complexity index is 1230. The second-order valence-corrected chi connectivity index (χ2v) is 11.3. The van der Waals surface area contributed by atoms with Gasteiger partial charge in [0.15, 0.2) is 0 Å². The maximum Gasteiger partial charge on any atom is 0.243 e. The fraction of sp³-hybridized carbons (Fsp3) is 0.524. The van der Waals surface area contributed by atoms with E-state index in [9.17, 15) is 13.2 Å². The summed E-state index contributed by atoms with van der Waals surface area (Å²) in [5.74, 6) is 0.835. The molecule has 1 N–H and O–H groups in total. The molecule has 0 aliphatic carbocycles. The Labute approximate surface area is 191 Å². The topological polar surface area (TPSA) is 110 Å². The third-order valence-corrected chi connectivity index (χ3v) is 8.69. The molecule has 1 aliphatic rings. The van der Waals surface area contributed by atoms with Crippen molar-refractivity contribution in [3.05, 3.63) is 29.0 Å². The molecule has 1 aliphatic heterocycles. The smallest absolute Gasteiger partial charge is 0.243 e. The molecule has 0 atom stereocenters. The van der Waals surface area contributed by atoms with E-state index >= 15 is 0 Å². The van der Waals surface area contributed by atoms with Gasteiger partial charge in [-0.15, -0.1) is 10.2 Å². The lowest BCUT2D eigenvalue weighted by molar-refractivity contribution is -0.116. The lowest BCUT2D eigenvalue weighted by Crippen LogP contribution is -2.35. The van der Waals surface area contributed by atoms with Crippen molar-refractivity contribution in [1.82, 2.24) is 24.1 Å². The molecule has 0 saturated carbocycles. The van der Waals surface area contributed by atoms with Crippen LogP contribution in [-0.4, -0.2) is 51.5 Å². The predicted molar refractivity (Wildman–Crippen MR) is 124 cm³/mol. The minimum absolute atomic E-state index is 0.156. The van der Waals surface area contributed by atoms with Crippen molar-refractivity contribution >= 4 is 43.4 Å². The number of amides is 1. The average molecular weight is 477 g/mol. The molecule has 1 amide bonds. The Morgan fingerprint density at radius 3 is 2.62 bits per heavy atom. The van der Waals surface area contributed by atoms with E-state index in [0.717, 1.165) is 35.6 Å². The largest absolute Gasteiger partial charge is 0.331 e. The first-order valence-corrected chi connectivity index (χ1v) is 13.1. The van der Waals surface area contributed by atoms with Crippen molar-refractivity contribution in [2.75, 3.05) is 18.4 Å². The van der Waals surface area contributed by atoms with Gasteiger partial charge in [-0.25, -0.2) is 13.4 Å². The van der Waals surface area contributed by atoms with E-state index < -0.39 is 10.0 Å². The molecule has 1 aromatic carbocycles. The summed E-state index contributed by atoms with van der Waals surface area (Å²) in [5.41, 5.74) is 1.45. The number of anilines is 1. The number of imidazole rings is 1. The summed E-state index contributed by atoms with van der Waals surface area (Å²) in [5, 5.41) is 12.3. The van der Waals surface area contributed by atoms with E-state index in [1.54, 1.807) is 22.5 Å². The van der Waals surface area contributed by atoms with Crippen LogP contribution in [0.2, 0.25) is 0 Å². The molecule has 172 valence electrons. The first-order chi connectivity index (χ1) is 15.3. The van der Waals surface area contributed by atoms with Crippen molar-refractivity contribution in [2.45, 2.75) is 56.8 Å². The van der Waals surface area contributed by atoms with Crippen molar-refractivity contribution in [3.8, 4) is 0 Å². The van der Waals surface area contributed by atoms with Crippen LogP contribution in [0.25, 0.3) is 11.0 Å². The van der Waals surface area contributed by atoms with Gasteiger partial charge in [-0.2, -0.15) is 4.31 Å². The summed E-state index contributed by atoms with van der Waals surface area (Å²) in [7, 11) is -1.64. The zero-order valence-electron chi connectivity index (χ0n) is 18.5. The van der Waals surface area contributed by atoms with E-state index in [-0.39, 0.29) is 23.1 Å². The first kappa shape index (κ1) is 22.8. The zero-order chi connectivity index (χ0) is 22.9. The van der Waals surface area contributed by atoms with Gasteiger partial charge in [-0.1, -0.05) is 31.6 Å². The molecule has 1 saturated heterocycles. The second-order valence-electron chi connectivity index (χ2n) is 8.35. The summed E-state index contributed by atoms with van der Waals surface area (Å²) >= 11 is 1.38. The van der Waals surface area contributed by atoms with Gasteiger partial charge >= 0.3 is 0 Å². The van der Waals surface area contributed by atoms with Crippen LogP contribution in [0.3, 0.4) is 0 Å². The van der Waals surface area contributed by atoms with Gasteiger partial charge in [0.2, 0.25) is 21.1 Å². The van der Waals surface area contributed by atoms with Gasteiger partial charge in [0.05, 0.1) is 15.9 Å². The van der Waals surface area contributed by atoms with Gasteiger partial charge in [0, 0.05) is 38.9 Å². The van der Waals surface area contributed by atoms with Crippen LogP contribution in [0.4, 0.5) is 5.13 Å². The number of carbonyl (C=O) groups is 1. The molecule has 11 heteroatoms. The highest BCUT2D eigenvalue weighted by Gasteiger charge is 2.26. The summed E-state index contributed by atoms with van der Waals surface area (Å²) < 4.78 is 29.4. The minimum Gasteiger partial charge on any atom is -0.331 e. The third kappa shape index (κ3) is 4.69. The summed E-state index contributed by atoms with van der Waals surface area (Å²) in [6, 6.07) is 5.07.